The van der Waals surface area contributed by atoms with Crippen molar-refractivity contribution in [1.82, 2.24) is 0 Å². The lowest BCUT2D eigenvalue weighted by atomic mass is 10.0. The fourth-order valence-electron chi connectivity index (χ4n) is 1.58. The highest BCUT2D eigenvalue weighted by Gasteiger charge is 2.10. The molecule has 0 amide bonds. The molecule has 0 aliphatic rings. The van der Waals surface area contributed by atoms with Crippen LogP contribution in [0.2, 0.25) is 0 Å². The summed E-state index contributed by atoms with van der Waals surface area (Å²) >= 11 is 3.43. The Labute approximate surface area is 104 Å². The second-order valence-corrected chi connectivity index (χ2v) is 4.22. The summed E-state index contributed by atoms with van der Waals surface area (Å²) in [5.74, 6) is 5.86. The van der Waals surface area contributed by atoms with Crippen LogP contribution in [0.1, 0.15) is 11.1 Å². The predicted octanol–water partition coefficient (Wildman–Crippen LogP) is 2.04. The van der Waals surface area contributed by atoms with Gasteiger partial charge in [0.25, 0.3) is 0 Å². The monoisotopic (exact) mass is 289 g/mol. The van der Waals surface area contributed by atoms with Gasteiger partial charge >= 0.3 is 0 Å². The van der Waals surface area contributed by atoms with Crippen LogP contribution in [0.5, 0.6) is 5.75 Å². The Morgan fingerprint density at radius 3 is 2.62 bits per heavy atom. The lowest BCUT2D eigenvalue weighted by molar-refractivity contribution is 0.139. The van der Waals surface area contributed by atoms with Gasteiger partial charge in [0.1, 0.15) is 5.75 Å². The molecule has 0 spiro atoms. The van der Waals surface area contributed by atoms with Gasteiger partial charge in [-0.05, 0) is 17.7 Å². The highest BCUT2D eigenvalue weighted by molar-refractivity contribution is 9.10. The number of hydrogen-bond donors (Lipinski definition) is 1. The van der Waals surface area contributed by atoms with Crippen molar-refractivity contribution >= 4 is 15.9 Å². The smallest absolute Gasteiger partial charge is 0.123 e. The molecule has 0 fully saturated rings. The molecule has 0 atom stereocenters. The Balaban J connectivity index is 3.05. The molecule has 0 unspecified atom stereocenters. The van der Waals surface area contributed by atoms with E-state index >= 15 is 0 Å². The van der Waals surface area contributed by atoms with Crippen molar-refractivity contribution < 1.29 is 14.3 Å². The van der Waals surface area contributed by atoms with Gasteiger partial charge in [0.15, 0.2) is 0 Å². The molecule has 0 aliphatic carbocycles. The van der Waals surface area contributed by atoms with Crippen LogP contribution in [-0.2, 0) is 22.6 Å². The number of ether oxygens (including phenoxy) is 2. The third kappa shape index (κ3) is 3.45. The third-order valence-electron chi connectivity index (χ3n) is 2.26. The summed E-state index contributed by atoms with van der Waals surface area (Å²) in [6, 6.07) is 3.93. The molecule has 0 saturated heterocycles. The van der Waals surface area contributed by atoms with Crippen LogP contribution in [0.3, 0.4) is 0 Å². The number of rotatable bonds is 6. The van der Waals surface area contributed by atoms with Crippen molar-refractivity contribution in [3.05, 3.63) is 27.7 Å². The van der Waals surface area contributed by atoms with Gasteiger partial charge in [-0.15, -0.1) is 0 Å². The first-order valence-corrected chi connectivity index (χ1v) is 5.68. The second kappa shape index (κ2) is 6.85. The Morgan fingerprint density at radius 1 is 1.31 bits per heavy atom. The zero-order valence-corrected chi connectivity index (χ0v) is 11.0. The minimum absolute atomic E-state index is 0.453. The molecule has 1 aromatic carbocycles. The van der Waals surface area contributed by atoms with E-state index in [1.54, 1.807) is 14.2 Å². The van der Waals surface area contributed by atoms with E-state index in [4.69, 9.17) is 15.4 Å². The molecular weight excluding hydrogens is 274 g/mol. The summed E-state index contributed by atoms with van der Waals surface area (Å²) < 4.78 is 11.4. The van der Waals surface area contributed by atoms with Crippen LogP contribution in [0.4, 0.5) is 0 Å². The lowest BCUT2D eigenvalue weighted by Gasteiger charge is -2.14. The molecular formula is C11H16BrNO3. The van der Waals surface area contributed by atoms with Gasteiger partial charge < -0.3 is 14.3 Å². The third-order valence-corrected chi connectivity index (χ3v) is 2.71. The maximum atomic E-state index is 5.33. The predicted molar refractivity (Wildman–Crippen MR) is 65.3 cm³/mol. The van der Waals surface area contributed by atoms with E-state index in [2.05, 4.69) is 20.8 Å². The van der Waals surface area contributed by atoms with Gasteiger partial charge in [-0.3, -0.25) is 0 Å². The molecule has 4 nitrogen and oxygen atoms in total. The van der Waals surface area contributed by atoms with Crippen molar-refractivity contribution in [3.63, 3.8) is 0 Å². The number of nitrogens with two attached hydrogens (primary N) is 1. The van der Waals surface area contributed by atoms with Crippen molar-refractivity contribution in [3.8, 4) is 5.75 Å². The van der Waals surface area contributed by atoms with E-state index in [9.17, 15) is 0 Å². The first kappa shape index (κ1) is 13.4. The van der Waals surface area contributed by atoms with Crippen LogP contribution in [0.15, 0.2) is 16.6 Å². The van der Waals surface area contributed by atoms with Gasteiger partial charge in [0.2, 0.25) is 0 Å². The Bertz CT molecular complexity index is 344. The van der Waals surface area contributed by atoms with E-state index < -0.39 is 0 Å². The van der Waals surface area contributed by atoms with Crippen LogP contribution in [0, 0.1) is 0 Å². The van der Waals surface area contributed by atoms with E-state index in [1.807, 2.05) is 12.1 Å². The van der Waals surface area contributed by atoms with Gasteiger partial charge in [-0.25, -0.2) is 5.90 Å². The highest BCUT2D eigenvalue weighted by atomic mass is 79.9. The normalized spacial score (nSPS) is 10.5. The number of benzene rings is 1. The lowest BCUT2D eigenvalue weighted by Crippen LogP contribution is -2.07. The average molecular weight is 290 g/mol. The molecule has 90 valence electrons. The van der Waals surface area contributed by atoms with Crippen molar-refractivity contribution in [1.29, 1.82) is 0 Å². The fraction of sp³-hybridized carbons (Fsp3) is 0.455. The molecule has 1 rings (SSSR count). The quantitative estimate of drug-likeness (QED) is 0.815. The molecule has 1 aromatic rings. The first-order valence-electron chi connectivity index (χ1n) is 4.88. The van der Waals surface area contributed by atoms with E-state index in [-0.39, 0.29) is 0 Å². The SMILES string of the molecule is COCc1cc(Br)cc(OC)c1CCON. The minimum atomic E-state index is 0.453. The van der Waals surface area contributed by atoms with Gasteiger partial charge in [-0.2, -0.15) is 0 Å². The molecule has 0 aliphatic heterocycles. The average Bonchev–Trinajstić information content (AvgIpc) is 2.27. The number of hydrogen-bond acceptors (Lipinski definition) is 4. The summed E-state index contributed by atoms with van der Waals surface area (Å²) in [4.78, 5) is 4.60. The Kier molecular flexibility index (Phi) is 5.76. The van der Waals surface area contributed by atoms with E-state index in [1.165, 1.54) is 0 Å². The summed E-state index contributed by atoms with van der Waals surface area (Å²) in [5, 5.41) is 0. The van der Waals surface area contributed by atoms with Gasteiger partial charge in [0, 0.05) is 23.6 Å². The molecule has 5 heteroatoms. The zero-order chi connectivity index (χ0) is 12.0. The van der Waals surface area contributed by atoms with Crippen molar-refractivity contribution in [2.24, 2.45) is 5.90 Å². The number of methoxy groups -OCH3 is 2. The van der Waals surface area contributed by atoms with Crippen LogP contribution in [-0.4, -0.2) is 20.8 Å². The van der Waals surface area contributed by atoms with Gasteiger partial charge in [-0.1, -0.05) is 15.9 Å². The molecule has 16 heavy (non-hydrogen) atoms. The van der Waals surface area contributed by atoms with Crippen molar-refractivity contribution in [2.75, 3.05) is 20.8 Å². The Hall–Kier alpha value is -0.620. The fourth-order valence-corrected chi connectivity index (χ4v) is 2.06. The van der Waals surface area contributed by atoms with E-state index in [0.29, 0.717) is 19.6 Å². The second-order valence-electron chi connectivity index (χ2n) is 3.30. The summed E-state index contributed by atoms with van der Waals surface area (Å²) in [5.41, 5.74) is 2.14. The number of halogens is 1. The summed E-state index contributed by atoms with van der Waals surface area (Å²) in [6.45, 7) is 0.990. The Morgan fingerprint density at radius 2 is 2.06 bits per heavy atom. The van der Waals surface area contributed by atoms with Gasteiger partial charge in [0.05, 0.1) is 20.3 Å². The minimum Gasteiger partial charge on any atom is -0.496 e. The molecule has 0 aromatic heterocycles. The molecule has 2 N–H and O–H groups in total. The van der Waals surface area contributed by atoms with Crippen LogP contribution in [0.25, 0.3) is 0 Å². The molecule has 0 saturated carbocycles. The van der Waals surface area contributed by atoms with E-state index in [0.717, 1.165) is 21.3 Å². The summed E-state index contributed by atoms with van der Waals surface area (Å²) in [7, 11) is 3.31. The van der Waals surface area contributed by atoms with Crippen LogP contribution >= 0.6 is 15.9 Å². The zero-order valence-electron chi connectivity index (χ0n) is 9.46. The first-order chi connectivity index (χ1) is 7.72. The van der Waals surface area contributed by atoms with Crippen LogP contribution < -0.4 is 10.6 Å². The molecule has 0 radical (unpaired) electrons. The standard InChI is InChI=1S/C11H16BrNO3/c1-14-7-8-5-9(12)6-11(15-2)10(8)3-4-16-13/h5-6H,3-4,7,13H2,1-2H3. The molecule has 0 heterocycles. The summed E-state index contributed by atoms with van der Waals surface area (Å²) in [6.07, 6.45) is 0.700. The highest BCUT2D eigenvalue weighted by Crippen LogP contribution is 2.28. The topological polar surface area (TPSA) is 53.7 Å². The maximum Gasteiger partial charge on any atom is 0.123 e. The largest absolute Gasteiger partial charge is 0.496 e. The van der Waals surface area contributed by atoms with Crippen molar-refractivity contribution in [2.45, 2.75) is 13.0 Å². The molecule has 0 bridgehead atoms. The maximum absolute atomic E-state index is 5.33.